The Hall–Kier alpha value is -2.18. The van der Waals surface area contributed by atoms with Crippen LogP contribution in [0.4, 0.5) is 13.6 Å². The summed E-state index contributed by atoms with van der Waals surface area (Å²) < 4.78 is 26.4. The fraction of sp³-hybridized carbons (Fsp3) is 0.111. The molecule has 86 valence electrons. The predicted octanol–water partition coefficient (Wildman–Crippen LogP) is 0.739. The van der Waals surface area contributed by atoms with E-state index in [0.29, 0.717) is 4.90 Å². The van der Waals surface area contributed by atoms with Crippen molar-refractivity contribution in [2.75, 3.05) is 0 Å². The van der Waals surface area contributed by atoms with Crippen LogP contribution in [-0.2, 0) is 6.54 Å². The molecule has 0 spiro atoms. The van der Waals surface area contributed by atoms with Crippen LogP contribution in [0, 0.1) is 17.0 Å². The zero-order valence-corrected chi connectivity index (χ0v) is 8.21. The van der Waals surface area contributed by atoms with Crippen LogP contribution in [0.5, 0.6) is 0 Å². The predicted molar refractivity (Wildman–Crippen MR) is 53.4 cm³/mol. The summed E-state index contributed by atoms with van der Waals surface area (Å²) in [5, 5.41) is 7.03. The van der Waals surface area contributed by atoms with Crippen LogP contribution in [0.2, 0.25) is 0 Å². The first-order chi connectivity index (χ1) is 7.43. The maximum Gasteiger partial charge on any atom is 0.321 e. The number of carbonyl (C=O) groups is 1. The van der Waals surface area contributed by atoms with E-state index in [2.05, 4.69) is 0 Å². The molecule has 0 bridgehead atoms. The summed E-state index contributed by atoms with van der Waals surface area (Å²) >= 11 is 0. The number of amides is 2. The lowest BCUT2D eigenvalue weighted by molar-refractivity contribution is 0.227. The molecule has 1 aromatic carbocycles. The van der Waals surface area contributed by atoms with Gasteiger partial charge in [-0.1, -0.05) is 6.07 Å². The topological polar surface area (TPSA) is 96.2 Å². The molecule has 0 atom stereocenters. The van der Waals surface area contributed by atoms with E-state index in [4.69, 9.17) is 16.9 Å². The van der Waals surface area contributed by atoms with Gasteiger partial charge >= 0.3 is 6.03 Å². The fourth-order valence-electron chi connectivity index (χ4n) is 1.12. The van der Waals surface area contributed by atoms with E-state index < -0.39 is 30.2 Å². The van der Waals surface area contributed by atoms with Crippen molar-refractivity contribution >= 4 is 12.0 Å². The number of rotatable bonds is 2. The number of nitrogens with one attached hydrogen (secondary N) is 1. The van der Waals surface area contributed by atoms with Gasteiger partial charge in [0, 0.05) is 5.56 Å². The number of halogens is 2. The third kappa shape index (κ3) is 2.44. The second kappa shape index (κ2) is 4.56. The summed E-state index contributed by atoms with van der Waals surface area (Å²) in [6.45, 7) is -0.511. The SMILES string of the molecule is N=C(N)N(Cc1c(F)cccc1F)C(N)=O. The number of hydrogen-bond acceptors (Lipinski definition) is 2. The van der Waals surface area contributed by atoms with Gasteiger partial charge in [0.25, 0.3) is 0 Å². The molecular weight excluding hydrogens is 218 g/mol. The summed E-state index contributed by atoms with van der Waals surface area (Å²) in [4.78, 5) is 11.4. The van der Waals surface area contributed by atoms with Crippen LogP contribution in [0.3, 0.4) is 0 Å². The van der Waals surface area contributed by atoms with Crippen LogP contribution >= 0.6 is 0 Å². The van der Waals surface area contributed by atoms with E-state index in [0.717, 1.165) is 12.1 Å². The van der Waals surface area contributed by atoms with Crippen molar-refractivity contribution in [2.45, 2.75) is 6.54 Å². The normalized spacial score (nSPS) is 9.88. The maximum absolute atomic E-state index is 13.2. The molecule has 0 aliphatic carbocycles. The average Bonchev–Trinajstić information content (AvgIpc) is 2.15. The highest BCUT2D eigenvalue weighted by molar-refractivity contribution is 5.92. The van der Waals surface area contributed by atoms with Crippen molar-refractivity contribution in [3.05, 3.63) is 35.4 Å². The van der Waals surface area contributed by atoms with Crippen LogP contribution in [0.25, 0.3) is 0 Å². The standard InChI is InChI=1S/C9H10F2N4O/c10-6-2-1-3-7(11)5(6)4-15(8(12)13)9(14)16/h1-3H,4H2,(H3,12,13)(H2,14,16). The molecule has 0 heterocycles. The van der Waals surface area contributed by atoms with Crippen LogP contribution < -0.4 is 11.5 Å². The van der Waals surface area contributed by atoms with Gasteiger partial charge in [0.1, 0.15) is 11.6 Å². The smallest absolute Gasteiger partial charge is 0.321 e. The summed E-state index contributed by atoms with van der Waals surface area (Å²) in [5.74, 6) is -2.32. The number of benzene rings is 1. The minimum absolute atomic E-state index is 0.364. The lowest BCUT2D eigenvalue weighted by atomic mass is 10.2. The van der Waals surface area contributed by atoms with Crippen molar-refractivity contribution in [2.24, 2.45) is 11.5 Å². The van der Waals surface area contributed by atoms with Crippen LogP contribution in [0.1, 0.15) is 5.56 Å². The second-order valence-corrected chi connectivity index (χ2v) is 3.01. The number of primary amides is 1. The van der Waals surface area contributed by atoms with Gasteiger partial charge in [-0.05, 0) is 12.1 Å². The van der Waals surface area contributed by atoms with E-state index in [9.17, 15) is 13.6 Å². The van der Waals surface area contributed by atoms with E-state index in [1.807, 2.05) is 0 Å². The first-order valence-electron chi connectivity index (χ1n) is 4.27. The number of urea groups is 1. The first-order valence-corrected chi connectivity index (χ1v) is 4.27. The third-order valence-electron chi connectivity index (χ3n) is 1.93. The van der Waals surface area contributed by atoms with E-state index in [1.165, 1.54) is 6.07 Å². The maximum atomic E-state index is 13.2. The highest BCUT2D eigenvalue weighted by atomic mass is 19.1. The highest BCUT2D eigenvalue weighted by Gasteiger charge is 2.18. The second-order valence-electron chi connectivity index (χ2n) is 3.01. The van der Waals surface area contributed by atoms with Gasteiger partial charge in [0.05, 0.1) is 6.54 Å². The quantitative estimate of drug-likeness (QED) is 0.514. The van der Waals surface area contributed by atoms with Crippen molar-refractivity contribution in [1.29, 1.82) is 5.41 Å². The van der Waals surface area contributed by atoms with E-state index in [-0.39, 0.29) is 5.56 Å². The lowest BCUT2D eigenvalue weighted by Crippen LogP contribution is -2.44. The largest absolute Gasteiger partial charge is 0.370 e. The lowest BCUT2D eigenvalue weighted by Gasteiger charge is -2.18. The Labute approximate surface area is 90.1 Å². The highest BCUT2D eigenvalue weighted by Crippen LogP contribution is 2.14. The van der Waals surface area contributed by atoms with Gasteiger partial charge in [0.2, 0.25) is 0 Å². The minimum Gasteiger partial charge on any atom is -0.370 e. The summed E-state index contributed by atoms with van der Waals surface area (Å²) in [6.07, 6.45) is 0. The molecule has 0 aromatic heterocycles. The molecule has 0 unspecified atom stereocenters. The third-order valence-corrected chi connectivity index (χ3v) is 1.93. The number of guanidine groups is 1. The Bertz CT molecular complexity index is 401. The van der Waals surface area contributed by atoms with E-state index >= 15 is 0 Å². The van der Waals surface area contributed by atoms with Crippen molar-refractivity contribution in [1.82, 2.24) is 4.90 Å². The molecule has 1 aromatic rings. The summed E-state index contributed by atoms with van der Waals surface area (Å²) in [6, 6.07) is 2.22. The molecule has 0 saturated carbocycles. The van der Waals surface area contributed by atoms with Crippen molar-refractivity contribution in [3.63, 3.8) is 0 Å². The number of hydrogen-bond donors (Lipinski definition) is 3. The Morgan fingerprint density at radius 1 is 1.31 bits per heavy atom. The van der Waals surface area contributed by atoms with Gasteiger partial charge in [-0.3, -0.25) is 10.3 Å². The minimum atomic E-state index is -1.05. The molecule has 5 N–H and O–H groups in total. The first kappa shape index (κ1) is 11.9. The molecule has 7 heteroatoms. The molecule has 0 fully saturated rings. The van der Waals surface area contributed by atoms with Gasteiger partial charge in [-0.15, -0.1) is 0 Å². The molecule has 0 saturated heterocycles. The van der Waals surface area contributed by atoms with Crippen molar-refractivity contribution < 1.29 is 13.6 Å². The van der Waals surface area contributed by atoms with Gasteiger partial charge < -0.3 is 11.5 Å². The number of nitrogens with zero attached hydrogens (tertiary/aromatic N) is 1. The van der Waals surface area contributed by atoms with Crippen molar-refractivity contribution in [3.8, 4) is 0 Å². The van der Waals surface area contributed by atoms with E-state index in [1.54, 1.807) is 0 Å². The monoisotopic (exact) mass is 228 g/mol. The Kier molecular flexibility index (Phi) is 3.39. The zero-order chi connectivity index (χ0) is 12.3. The summed E-state index contributed by atoms with van der Waals surface area (Å²) in [5.41, 5.74) is 9.59. The molecule has 0 aliphatic rings. The van der Waals surface area contributed by atoms with Gasteiger partial charge in [0.15, 0.2) is 5.96 Å². The molecular formula is C9H10F2N4O. The summed E-state index contributed by atoms with van der Waals surface area (Å²) in [7, 11) is 0. The Morgan fingerprint density at radius 3 is 2.19 bits per heavy atom. The van der Waals surface area contributed by atoms with Gasteiger partial charge in [-0.2, -0.15) is 0 Å². The molecule has 5 nitrogen and oxygen atoms in total. The Balaban J connectivity index is 3.03. The molecule has 0 radical (unpaired) electrons. The molecule has 2 amide bonds. The van der Waals surface area contributed by atoms with Crippen LogP contribution in [0.15, 0.2) is 18.2 Å². The zero-order valence-electron chi connectivity index (χ0n) is 8.21. The van der Waals surface area contributed by atoms with Crippen LogP contribution in [-0.4, -0.2) is 16.9 Å². The number of carbonyl (C=O) groups excluding carboxylic acids is 1. The number of nitrogens with two attached hydrogens (primary N) is 2. The molecule has 16 heavy (non-hydrogen) atoms. The Morgan fingerprint density at radius 2 is 1.81 bits per heavy atom. The molecule has 0 aliphatic heterocycles. The fourth-order valence-corrected chi connectivity index (χ4v) is 1.12. The average molecular weight is 228 g/mol. The van der Waals surface area contributed by atoms with Gasteiger partial charge in [-0.25, -0.2) is 13.6 Å². The molecule has 1 rings (SSSR count).